The van der Waals surface area contributed by atoms with E-state index in [4.69, 9.17) is 4.74 Å². The van der Waals surface area contributed by atoms with E-state index in [2.05, 4.69) is 5.32 Å². The van der Waals surface area contributed by atoms with E-state index in [1.165, 1.54) is 43.3 Å². The van der Waals surface area contributed by atoms with Crippen LogP contribution in [0.5, 0.6) is 0 Å². The monoisotopic (exact) mass is 315 g/mol. The number of ether oxygens (including phenoxy) is 1. The lowest BCUT2D eigenvalue weighted by molar-refractivity contribution is -0.119. The molecule has 0 radical (unpaired) electrons. The first kappa shape index (κ1) is 16.4. The molecule has 0 bridgehead atoms. The number of nitrogens with one attached hydrogen (secondary N) is 1. The summed E-state index contributed by atoms with van der Waals surface area (Å²) in [5.41, 5.74) is 1.28. The highest BCUT2D eigenvalue weighted by Crippen LogP contribution is 2.17. The van der Waals surface area contributed by atoms with Crippen LogP contribution in [0.15, 0.2) is 42.5 Å². The number of benzene rings is 2. The molecule has 2 aromatic carbocycles. The van der Waals surface area contributed by atoms with Crippen LogP contribution in [0.2, 0.25) is 0 Å². The van der Waals surface area contributed by atoms with E-state index in [0.29, 0.717) is 23.1 Å². The topological polar surface area (TPSA) is 72.5 Å². The SMILES string of the molecule is Cc1c(F)cccc1NC(=O)COC(=O)c1ccc(C=O)cc1. The van der Waals surface area contributed by atoms with E-state index in [1.807, 2.05) is 0 Å². The van der Waals surface area contributed by atoms with E-state index >= 15 is 0 Å². The molecular weight excluding hydrogens is 301 g/mol. The molecule has 6 heteroatoms. The van der Waals surface area contributed by atoms with Gasteiger partial charge < -0.3 is 10.1 Å². The van der Waals surface area contributed by atoms with Crippen molar-refractivity contribution < 1.29 is 23.5 Å². The fraction of sp³-hybridized carbons (Fsp3) is 0.118. The number of hydrogen-bond donors (Lipinski definition) is 1. The van der Waals surface area contributed by atoms with Crippen LogP contribution >= 0.6 is 0 Å². The van der Waals surface area contributed by atoms with Gasteiger partial charge in [-0.25, -0.2) is 9.18 Å². The minimum absolute atomic E-state index is 0.227. The molecule has 0 atom stereocenters. The summed E-state index contributed by atoms with van der Waals surface area (Å²) in [6, 6.07) is 10.1. The standard InChI is InChI=1S/C17H14FNO4/c1-11-14(18)3-2-4-15(11)19-16(21)10-23-17(22)13-7-5-12(9-20)6-8-13/h2-9H,10H2,1H3,(H,19,21). The van der Waals surface area contributed by atoms with Gasteiger partial charge in [0.05, 0.1) is 5.56 Å². The minimum Gasteiger partial charge on any atom is -0.452 e. The molecule has 0 spiro atoms. The molecule has 1 amide bonds. The second-order valence-corrected chi connectivity index (χ2v) is 4.78. The molecule has 0 heterocycles. The van der Waals surface area contributed by atoms with Crippen LogP contribution in [-0.4, -0.2) is 24.8 Å². The number of halogens is 1. The molecule has 0 aliphatic heterocycles. The number of carbonyl (C=O) groups is 3. The molecule has 2 aromatic rings. The lowest BCUT2D eigenvalue weighted by Gasteiger charge is -2.09. The molecule has 0 unspecified atom stereocenters. The Labute approximate surface area is 132 Å². The summed E-state index contributed by atoms with van der Waals surface area (Å²) < 4.78 is 18.2. The van der Waals surface area contributed by atoms with Crippen molar-refractivity contribution >= 4 is 23.9 Å². The molecule has 118 valence electrons. The van der Waals surface area contributed by atoms with Crippen molar-refractivity contribution in [3.05, 3.63) is 65.0 Å². The van der Waals surface area contributed by atoms with Crippen molar-refractivity contribution in [2.45, 2.75) is 6.92 Å². The highest BCUT2D eigenvalue weighted by molar-refractivity contribution is 5.96. The summed E-state index contributed by atoms with van der Waals surface area (Å²) in [5.74, 6) is -1.69. The lowest BCUT2D eigenvalue weighted by Crippen LogP contribution is -2.21. The maximum absolute atomic E-state index is 13.4. The highest BCUT2D eigenvalue weighted by atomic mass is 19.1. The number of esters is 1. The fourth-order valence-corrected chi connectivity index (χ4v) is 1.84. The predicted molar refractivity (Wildman–Crippen MR) is 81.9 cm³/mol. The van der Waals surface area contributed by atoms with Crippen LogP contribution < -0.4 is 5.32 Å². The number of amides is 1. The molecule has 23 heavy (non-hydrogen) atoms. The Morgan fingerprint density at radius 3 is 2.52 bits per heavy atom. The quantitative estimate of drug-likeness (QED) is 0.680. The van der Waals surface area contributed by atoms with Crippen molar-refractivity contribution in [1.29, 1.82) is 0 Å². The van der Waals surface area contributed by atoms with Crippen LogP contribution in [-0.2, 0) is 9.53 Å². The zero-order chi connectivity index (χ0) is 16.8. The molecule has 1 N–H and O–H groups in total. The third-order valence-corrected chi connectivity index (χ3v) is 3.16. The van der Waals surface area contributed by atoms with Gasteiger partial charge >= 0.3 is 5.97 Å². The Morgan fingerprint density at radius 2 is 1.87 bits per heavy atom. The van der Waals surface area contributed by atoms with E-state index in [0.717, 1.165) is 0 Å². The van der Waals surface area contributed by atoms with Crippen LogP contribution in [0.1, 0.15) is 26.3 Å². The third kappa shape index (κ3) is 4.23. The van der Waals surface area contributed by atoms with Crippen LogP contribution in [0.4, 0.5) is 10.1 Å². The molecule has 0 fully saturated rings. The van der Waals surface area contributed by atoms with Gasteiger partial charge in [-0.3, -0.25) is 9.59 Å². The first-order valence-electron chi connectivity index (χ1n) is 6.78. The Bertz CT molecular complexity index is 741. The Morgan fingerprint density at radius 1 is 1.17 bits per heavy atom. The average Bonchev–Trinajstić information content (AvgIpc) is 2.57. The van der Waals surface area contributed by atoms with Crippen molar-refractivity contribution in [1.82, 2.24) is 0 Å². The van der Waals surface area contributed by atoms with Gasteiger partial charge in [0, 0.05) is 16.8 Å². The number of rotatable bonds is 5. The van der Waals surface area contributed by atoms with E-state index in [1.54, 1.807) is 6.07 Å². The molecule has 0 aromatic heterocycles. The maximum atomic E-state index is 13.4. The summed E-state index contributed by atoms with van der Waals surface area (Å²) in [6.45, 7) is 1.04. The fourth-order valence-electron chi connectivity index (χ4n) is 1.84. The first-order chi connectivity index (χ1) is 11.0. The van der Waals surface area contributed by atoms with E-state index < -0.39 is 24.3 Å². The van der Waals surface area contributed by atoms with Gasteiger partial charge in [-0.05, 0) is 31.2 Å². The van der Waals surface area contributed by atoms with Crippen LogP contribution in [0, 0.1) is 12.7 Å². The minimum atomic E-state index is -0.687. The summed E-state index contributed by atoms with van der Waals surface area (Å²) in [4.78, 5) is 34.1. The number of carbonyl (C=O) groups excluding carboxylic acids is 3. The molecule has 0 saturated heterocycles. The summed E-state index contributed by atoms with van der Waals surface area (Å²) in [5, 5.41) is 2.47. The smallest absolute Gasteiger partial charge is 0.338 e. The van der Waals surface area contributed by atoms with Gasteiger partial charge in [0.1, 0.15) is 12.1 Å². The van der Waals surface area contributed by atoms with Crippen LogP contribution in [0.25, 0.3) is 0 Å². The molecule has 5 nitrogen and oxygen atoms in total. The lowest BCUT2D eigenvalue weighted by atomic mass is 10.1. The molecule has 0 saturated carbocycles. The zero-order valence-electron chi connectivity index (χ0n) is 12.3. The van der Waals surface area contributed by atoms with Gasteiger partial charge in [0.2, 0.25) is 0 Å². The van der Waals surface area contributed by atoms with Crippen molar-refractivity contribution in [2.24, 2.45) is 0 Å². The van der Waals surface area contributed by atoms with Gasteiger partial charge in [-0.15, -0.1) is 0 Å². The van der Waals surface area contributed by atoms with Crippen molar-refractivity contribution in [2.75, 3.05) is 11.9 Å². The predicted octanol–water partition coefficient (Wildman–Crippen LogP) is 2.74. The van der Waals surface area contributed by atoms with E-state index in [-0.39, 0.29) is 5.56 Å². The summed E-state index contributed by atoms with van der Waals surface area (Å²) >= 11 is 0. The normalized spacial score (nSPS) is 10.0. The van der Waals surface area contributed by atoms with Gasteiger partial charge in [0.15, 0.2) is 6.61 Å². The Kier molecular flexibility index (Phi) is 5.19. The largest absolute Gasteiger partial charge is 0.452 e. The molecule has 2 rings (SSSR count). The second kappa shape index (κ2) is 7.31. The molecule has 0 aliphatic rings. The summed E-state index contributed by atoms with van der Waals surface area (Å²) in [6.07, 6.45) is 0.657. The molecular formula is C17H14FNO4. The summed E-state index contributed by atoms with van der Waals surface area (Å²) in [7, 11) is 0. The Balaban J connectivity index is 1.91. The molecule has 0 aliphatic carbocycles. The average molecular weight is 315 g/mol. The number of hydrogen-bond acceptors (Lipinski definition) is 4. The van der Waals surface area contributed by atoms with Gasteiger partial charge in [-0.1, -0.05) is 18.2 Å². The zero-order valence-corrected chi connectivity index (χ0v) is 12.3. The van der Waals surface area contributed by atoms with Crippen LogP contribution in [0.3, 0.4) is 0 Å². The third-order valence-electron chi connectivity index (χ3n) is 3.16. The van der Waals surface area contributed by atoms with E-state index in [9.17, 15) is 18.8 Å². The maximum Gasteiger partial charge on any atom is 0.338 e. The van der Waals surface area contributed by atoms with Crippen molar-refractivity contribution in [3.63, 3.8) is 0 Å². The van der Waals surface area contributed by atoms with Gasteiger partial charge in [0.25, 0.3) is 5.91 Å². The first-order valence-corrected chi connectivity index (χ1v) is 6.78. The number of anilines is 1. The second-order valence-electron chi connectivity index (χ2n) is 4.78. The van der Waals surface area contributed by atoms with Crippen molar-refractivity contribution in [3.8, 4) is 0 Å². The van der Waals surface area contributed by atoms with Gasteiger partial charge in [-0.2, -0.15) is 0 Å². The highest BCUT2D eigenvalue weighted by Gasteiger charge is 2.12. The Hall–Kier alpha value is -3.02. The number of aldehydes is 1.